The van der Waals surface area contributed by atoms with Gasteiger partial charge in [-0.2, -0.15) is 0 Å². The van der Waals surface area contributed by atoms with Crippen LogP contribution in [-0.4, -0.2) is 42.5 Å². The van der Waals surface area contributed by atoms with E-state index in [1.54, 1.807) is 6.07 Å². The second kappa shape index (κ2) is 9.18. The van der Waals surface area contributed by atoms with Gasteiger partial charge in [0.25, 0.3) is 5.91 Å². The van der Waals surface area contributed by atoms with Crippen molar-refractivity contribution < 1.29 is 19.2 Å². The second-order valence-electron chi connectivity index (χ2n) is 6.61. The maximum Gasteiger partial charge on any atom is 0.314 e. The smallest absolute Gasteiger partial charge is 0.314 e. The molecule has 3 rings (SSSR count). The molecule has 1 amide bonds. The summed E-state index contributed by atoms with van der Waals surface area (Å²) in [5.74, 6) is -0.0307. The molecule has 1 aliphatic rings. The number of nitrogens with zero attached hydrogens (tertiary/aromatic N) is 2. The highest BCUT2D eigenvalue weighted by molar-refractivity contribution is 5.91. The summed E-state index contributed by atoms with van der Waals surface area (Å²) < 4.78 is 10.3. The van der Waals surface area contributed by atoms with Crippen molar-refractivity contribution in [3.63, 3.8) is 0 Å². The Morgan fingerprint density at radius 3 is 2.54 bits per heavy atom. The van der Waals surface area contributed by atoms with Crippen LogP contribution in [0.5, 0.6) is 11.5 Å². The molecule has 28 heavy (non-hydrogen) atoms. The maximum absolute atomic E-state index is 12.1. The van der Waals surface area contributed by atoms with Crippen LogP contribution in [0.4, 0.5) is 11.4 Å². The summed E-state index contributed by atoms with van der Waals surface area (Å²) in [5, 5.41) is 13.9. The first-order valence-corrected chi connectivity index (χ1v) is 9.11. The first-order chi connectivity index (χ1) is 13.5. The molecule has 1 aliphatic heterocycles. The number of nitro benzene ring substituents is 1. The third-order valence-electron chi connectivity index (χ3n) is 4.56. The van der Waals surface area contributed by atoms with Crippen molar-refractivity contribution in [2.45, 2.75) is 19.4 Å². The van der Waals surface area contributed by atoms with Gasteiger partial charge in [-0.25, -0.2) is 0 Å². The Morgan fingerprint density at radius 1 is 1.18 bits per heavy atom. The second-order valence-corrected chi connectivity index (χ2v) is 6.61. The van der Waals surface area contributed by atoms with Gasteiger partial charge in [0.15, 0.2) is 12.4 Å². The number of carbonyl (C=O) groups is 1. The molecule has 0 radical (unpaired) electrons. The molecule has 0 spiro atoms. The number of anilines is 1. The molecule has 2 aromatic carbocycles. The molecule has 8 heteroatoms. The first-order valence-electron chi connectivity index (χ1n) is 9.11. The fourth-order valence-corrected chi connectivity index (χ4v) is 3.12. The Morgan fingerprint density at radius 2 is 1.89 bits per heavy atom. The summed E-state index contributed by atoms with van der Waals surface area (Å²) in [7, 11) is 1.42. The van der Waals surface area contributed by atoms with Crippen molar-refractivity contribution in [2.24, 2.45) is 0 Å². The highest BCUT2D eigenvalue weighted by atomic mass is 16.6. The number of carbonyl (C=O) groups excluding carboxylic acids is 1. The van der Waals surface area contributed by atoms with E-state index < -0.39 is 10.8 Å². The van der Waals surface area contributed by atoms with E-state index in [4.69, 9.17) is 9.47 Å². The topological polar surface area (TPSA) is 93.9 Å². The minimum absolute atomic E-state index is 0.0157. The third-order valence-corrected chi connectivity index (χ3v) is 4.56. The van der Waals surface area contributed by atoms with Crippen molar-refractivity contribution in [1.29, 1.82) is 0 Å². The van der Waals surface area contributed by atoms with Crippen LogP contribution in [0, 0.1) is 10.1 Å². The maximum atomic E-state index is 12.1. The van der Waals surface area contributed by atoms with Crippen molar-refractivity contribution >= 4 is 17.3 Å². The number of hydrogen-bond donors (Lipinski definition) is 1. The van der Waals surface area contributed by atoms with E-state index in [-0.39, 0.29) is 18.0 Å². The van der Waals surface area contributed by atoms with Crippen molar-refractivity contribution in [3.8, 4) is 11.5 Å². The standard InChI is InChI=1S/C20H23N3O5/c1-27-17-8-9-19(18(12-17)23(25)26)28-14-20(24)21-16-6-4-15(5-7-16)13-22-10-2-3-11-22/h4-9,12H,2-3,10-11,13-14H2,1H3,(H,21,24). The minimum Gasteiger partial charge on any atom is -0.496 e. The number of hydrogen-bond acceptors (Lipinski definition) is 6. The number of rotatable bonds is 8. The molecule has 1 saturated heterocycles. The van der Waals surface area contributed by atoms with Crippen LogP contribution < -0.4 is 14.8 Å². The largest absolute Gasteiger partial charge is 0.496 e. The molecular weight excluding hydrogens is 362 g/mol. The first kappa shape index (κ1) is 19.6. The number of nitro groups is 1. The number of amides is 1. The predicted octanol–water partition coefficient (Wildman–Crippen LogP) is 3.22. The lowest BCUT2D eigenvalue weighted by Crippen LogP contribution is -2.20. The van der Waals surface area contributed by atoms with Crippen LogP contribution in [-0.2, 0) is 11.3 Å². The lowest BCUT2D eigenvalue weighted by atomic mass is 10.2. The Hall–Kier alpha value is -3.13. The number of ether oxygens (including phenoxy) is 2. The third kappa shape index (κ3) is 5.20. The summed E-state index contributed by atoms with van der Waals surface area (Å²) in [5.41, 5.74) is 1.60. The normalized spacial score (nSPS) is 13.9. The van der Waals surface area contributed by atoms with E-state index in [9.17, 15) is 14.9 Å². The van der Waals surface area contributed by atoms with Gasteiger partial charge in [0, 0.05) is 12.2 Å². The van der Waals surface area contributed by atoms with Crippen LogP contribution in [0.25, 0.3) is 0 Å². The Bertz CT molecular complexity index is 832. The van der Waals surface area contributed by atoms with Gasteiger partial charge in [0.1, 0.15) is 5.75 Å². The molecule has 8 nitrogen and oxygen atoms in total. The zero-order valence-electron chi connectivity index (χ0n) is 15.7. The zero-order valence-corrected chi connectivity index (χ0v) is 15.7. The van der Waals surface area contributed by atoms with Crippen molar-refractivity contribution in [3.05, 3.63) is 58.1 Å². The molecule has 1 heterocycles. The summed E-state index contributed by atoms with van der Waals surface area (Å²) in [6, 6.07) is 11.9. The van der Waals surface area contributed by atoms with Gasteiger partial charge in [-0.1, -0.05) is 12.1 Å². The van der Waals surface area contributed by atoms with E-state index >= 15 is 0 Å². The Balaban J connectivity index is 1.53. The number of benzene rings is 2. The van der Waals surface area contributed by atoms with Gasteiger partial charge in [-0.3, -0.25) is 19.8 Å². The minimum atomic E-state index is -0.575. The van der Waals surface area contributed by atoms with Gasteiger partial charge in [-0.15, -0.1) is 0 Å². The highest BCUT2D eigenvalue weighted by Crippen LogP contribution is 2.31. The van der Waals surface area contributed by atoms with E-state index in [1.165, 1.54) is 37.6 Å². The molecule has 1 N–H and O–H groups in total. The van der Waals surface area contributed by atoms with Crippen molar-refractivity contribution in [2.75, 3.05) is 32.1 Å². The van der Waals surface area contributed by atoms with E-state index in [1.807, 2.05) is 24.3 Å². The molecule has 0 aliphatic carbocycles. The molecule has 0 unspecified atom stereocenters. The van der Waals surface area contributed by atoms with Crippen LogP contribution in [0.15, 0.2) is 42.5 Å². The average Bonchev–Trinajstić information content (AvgIpc) is 3.20. The summed E-state index contributed by atoms with van der Waals surface area (Å²) in [6.45, 7) is 2.85. The van der Waals surface area contributed by atoms with Crippen LogP contribution in [0.2, 0.25) is 0 Å². The number of methoxy groups -OCH3 is 1. The van der Waals surface area contributed by atoms with Crippen LogP contribution in [0.3, 0.4) is 0 Å². The molecule has 0 saturated carbocycles. The molecule has 0 bridgehead atoms. The Kier molecular flexibility index (Phi) is 6.44. The molecule has 0 atom stereocenters. The van der Waals surface area contributed by atoms with Crippen LogP contribution in [0.1, 0.15) is 18.4 Å². The lowest BCUT2D eigenvalue weighted by Gasteiger charge is -2.14. The van der Waals surface area contributed by atoms with Gasteiger partial charge in [-0.05, 0) is 55.8 Å². The summed E-state index contributed by atoms with van der Waals surface area (Å²) in [4.78, 5) is 25.1. The van der Waals surface area contributed by atoms with Gasteiger partial charge >= 0.3 is 5.69 Å². The average molecular weight is 385 g/mol. The molecule has 1 fully saturated rings. The fraction of sp³-hybridized carbons (Fsp3) is 0.350. The Labute approximate surface area is 163 Å². The SMILES string of the molecule is COc1ccc(OCC(=O)Nc2ccc(CN3CCCC3)cc2)c([N+](=O)[O-])c1. The van der Waals surface area contributed by atoms with Gasteiger partial charge in [0.2, 0.25) is 0 Å². The zero-order chi connectivity index (χ0) is 19.9. The quantitative estimate of drug-likeness (QED) is 0.554. The highest BCUT2D eigenvalue weighted by Gasteiger charge is 2.18. The summed E-state index contributed by atoms with van der Waals surface area (Å²) >= 11 is 0. The lowest BCUT2D eigenvalue weighted by molar-refractivity contribution is -0.385. The van der Waals surface area contributed by atoms with Gasteiger partial charge in [0.05, 0.1) is 18.1 Å². The number of nitrogens with one attached hydrogen (secondary N) is 1. The molecule has 148 valence electrons. The molecule has 2 aromatic rings. The van der Waals surface area contributed by atoms with E-state index in [0.717, 1.165) is 19.6 Å². The number of likely N-dealkylation sites (tertiary alicyclic amines) is 1. The molecule has 0 aromatic heterocycles. The predicted molar refractivity (Wildman–Crippen MR) is 105 cm³/mol. The van der Waals surface area contributed by atoms with E-state index in [0.29, 0.717) is 11.4 Å². The van der Waals surface area contributed by atoms with Crippen LogP contribution >= 0.6 is 0 Å². The van der Waals surface area contributed by atoms with E-state index in [2.05, 4.69) is 10.2 Å². The van der Waals surface area contributed by atoms with Gasteiger partial charge < -0.3 is 14.8 Å². The van der Waals surface area contributed by atoms with Crippen molar-refractivity contribution in [1.82, 2.24) is 4.90 Å². The summed E-state index contributed by atoms with van der Waals surface area (Å²) in [6.07, 6.45) is 2.50. The monoisotopic (exact) mass is 385 g/mol. The fourth-order valence-electron chi connectivity index (χ4n) is 3.12. The molecular formula is C20H23N3O5.